The van der Waals surface area contributed by atoms with Crippen molar-refractivity contribution in [1.82, 2.24) is 0 Å². The Hall–Kier alpha value is -1.39. The SMILES string of the molecule is Nc1ccc(C2CC2)cc1OCC(F)(F)F. The molecule has 0 unspecified atom stereocenters. The number of ether oxygens (including phenoxy) is 1. The fraction of sp³-hybridized carbons (Fsp3) is 0.455. The Kier molecular flexibility index (Phi) is 2.69. The van der Waals surface area contributed by atoms with Gasteiger partial charge in [0.1, 0.15) is 5.75 Å². The molecule has 0 aromatic heterocycles. The number of benzene rings is 1. The van der Waals surface area contributed by atoms with Crippen LogP contribution in [0.15, 0.2) is 18.2 Å². The van der Waals surface area contributed by atoms with Gasteiger partial charge in [0.25, 0.3) is 0 Å². The number of rotatable bonds is 3. The lowest BCUT2D eigenvalue weighted by Gasteiger charge is -2.12. The standard InChI is InChI=1S/C11H12F3NO/c12-11(13,14)6-16-10-5-8(7-1-2-7)3-4-9(10)15/h3-5,7H,1-2,6,15H2. The summed E-state index contributed by atoms with van der Waals surface area (Å²) in [7, 11) is 0. The fourth-order valence-corrected chi connectivity index (χ4v) is 1.51. The van der Waals surface area contributed by atoms with E-state index in [1.165, 1.54) is 0 Å². The van der Waals surface area contributed by atoms with Crippen LogP contribution in [0.5, 0.6) is 5.75 Å². The first-order valence-electron chi connectivity index (χ1n) is 5.05. The largest absolute Gasteiger partial charge is 0.482 e. The molecule has 88 valence electrons. The van der Waals surface area contributed by atoms with Crippen LogP contribution in [0, 0.1) is 0 Å². The molecule has 1 aromatic rings. The number of nitrogen functional groups attached to an aromatic ring is 1. The molecule has 2 N–H and O–H groups in total. The second kappa shape index (κ2) is 3.88. The van der Waals surface area contributed by atoms with Gasteiger partial charge in [0, 0.05) is 0 Å². The average molecular weight is 231 g/mol. The van der Waals surface area contributed by atoms with Crippen LogP contribution in [-0.2, 0) is 0 Å². The van der Waals surface area contributed by atoms with E-state index in [0.29, 0.717) is 5.92 Å². The summed E-state index contributed by atoms with van der Waals surface area (Å²) >= 11 is 0. The second-order valence-corrected chi connectivity index (χ2v) is 3.98. The number of anilines is 1. The maximum Gasteiger partial charge on any atom is 0.422 e. The fourth-order valence-electron chi connectivity index (χ4n) is 1.51. The van der Waals surface area contributed by atoms with Crippen molar-refractivity contribution in [3.8, 4) is 5.75 Å². The van der Waals surface area contributed by atoms with Gasteiger partial charge in [0.2, 0.25) is 0 Å². The number of halogens is 3. The van der Waals surface area contributed by atoms with Crippen LogP contribution >= 0.6 is 0 Å². The van der Waals surface area contributed by atoms with Crippen LogP contribution in [0.4, 0.5) is 18.9 Å². The third-order valence-corrected chi connectivity index (χ3v) is 2.48. The van der Waals surface area contributed by atoms with Gasteiger partial charge < -0.3 is 10.5 Å². The third-order valence-electron chi connectivity index (χ3n) is 2.48. The van der Waals surface area contributed by atoms with Crippen molar-refractivity contribution in [1.29, 1.82) is 0 Å². The van der Waals surface area contributed by atoms with E-state index in [0.717, 1.165) is 18.4 Å². The minimum Gasteiger partial charge on any atom is -0.482 e. The summed E-state index contributed by atoms with van der Waals surface area (Å²) in [5.74, 6) is 0.593. The lowest BCUT2D eigenvalue weighted by molar-refractivity contribution is -0.153. The van der Waals surface area contributed by atoms with Crippen molar-refractivity contribution in [2.24, 2.45) is 0 Å². The van der Waals surface area contributed by atoms with Gasteiger partial charge in [-0.1, -0.05) is 6.07 Å². The Morgan fingerprint density at radius 2 is 2.00 bits per heavy atom. The van der Waals surface area contributed by atoms with Crippen molar-refractivity contribution < 1.29 is 17.9 Å². The first kappa shape index (κ1) is 11.1. The highest BCUT2D eigenvalue weighted by Crippen LogP contribution is 2.42. The van der Waals surface area contributed by atoms with E-state index in [2.05, 4.69) is 4.74 Å². The van der Waals surface area contributed by atoms with Gasteiger partial charge in [-0.05, 0) is 36.5 Å². The smallest absolute Gasteiger partial charge is 0.422 e. The molecule has 1 saturated carbocycles. The lowest BCUT2D eigenvalue weighted by atomic mass is 10.1. The van der Waals surface area contributed by atoms with Crippen LogP contribution in [0.3, 0.4) is 0 Å². The summed E-state index contributed by atoms with van der Waals surface area (Å²) in [6.45, 7) is -1.30. The van der Waals surface area contributed by atoms with Crippen LogP contribution in [0.2, 0.25) is 0 Å². The lowest BCUT2D eigenvalue weighted by Crippen LogP contribution is -2.19. The highest BCUT2D eigenvalue weighted by Gasteiger charge is 2.29. The molecule has 0 amide bonds. The van der Waals surface area contributed by atoms with Gasteiger partial charge >= 0.3 is 6.18 Å². The van der Waals surface area contributed by atoms with E-state index in [9.17, 15) is 13.2 Å². The molecule has 0 atom stereocenters. The van der Waals surface area contributed by atoms with E-state index in [-0.39, 0.29) is 11.4 Å². The minimum atomic E-state index is -4.33. The van der Waals surface area contributed by atoms with E-state index < -0.39 is 12.8 Å². The molecule has 0 aliphatic heterocycles. The maximum atomic E-state index is 12.0. The molecule has 0 radical (unpaired) electrons. The Morgan fingerprint density at radius 3 is 2.56 bits per heavy atom. The number of nitrogens with two attached hydrogens (primary N) is 1. The number of hydrogen-bond acceptors (Lipinski definition) is 2. The second-order valence-electron chi connectivity index (χ2n) is 3.98. The van der Waals surface area contributed by atoms with E-state index in [1.54, 1.807) is 12.1 Å². The first-order valence-corrected chi connectivity index (χ1v) is 5.05. The van der Waals surface area contributed by atoms with Gasteiger partial charge in [-0.3, -0.25) is 0 Å². The average Bonchev–Trinajstić information content (AvgIpc) is 2.98. The van der Waals surface area contributed by atoms with Crippen molar-refractivity contribution in [2.75, 3.05) is 12.3 Å². The third kappa shape index (κ3) is 2.81. The Balaban J connectivity index is 2.09. The van der Waals surface area contributed by atoms with Crippen LogP contribution in [0.25, 0.3) is 0 Å². The molecule has 1 aliphatic carbocycles. The van der Waals surface area contributed by atoms with E-state index >= 15 is 0 Å². The Morgan fingerprint density at radius 1 is 1.31 bits per heavy atom. The molecule has 0 spiro atoms. The summed E-state index contributed by atoms with van der Waals surface area (Å²) in [5.41, 5.74) is 6.80. The zero-order chi connectivity index (χ0) is 11.8. The molecular weight excluding hydrogens is 219 g/mol. The molecule has 0 bridgehead atoms. The summed E-state index contributed by atoms with van der Waals surface area (Å²) in [5, 5.41) is 0. The molecule has 1 fully saturated rings. The molecule has 5 heteroatoms. The summed E-state index contributed by atoms with van der Waals surface area (Å²) in [6, 6.07) is 5.05. The van der Waals surface area contributed by atoms with E-state index in [1.807, 2.05) is 6.07 Å². The van der Waals surface area contributed by atoms with Gasteiger partial charge in [0.15, 0.2) is 6.61 Å². The molecule has 2 rings (SSSR count). The monoisotopic (exact) mass is 231 g/mol. The van der Waals surface area contributed by atoms with Crippen molar-refractivity contribution in [3.63, 3.8) is 0 Å². The highest BCUT2D eigenvalue weighted by molar-refractivity contribution is 5.54. The van der Waals surface area contributed by atoms with Crippen LogP contribution < -0.4 is 10.5 Å². The first-order chi connectivity index (χ1) is 7.46. The Bertz CT molecular complexity index is 385. The molecule has 1 aromatic carbocycles. The number of hydrogen-bond donors (Lipinski definition) is 1. The summed E-state index contributed by atoms with van der Waals surface area (Å²) < 4.78 is 40.6. The van der Waals surface area contributed by atoms with Crippen molar-refractivity contribution >= 4 is 5.69 Å². The molecule has 2 nitrogen and oxygen atoms in total. The van der Waals surface area contributed by atoms with Crippen LogP contribution in [0.1, 0.15) is 24.3 Å². The predicted molar refractivity (Wildman–Crippen MR) is 54.4 cm³/mol. The van der Waals surface area contributed by atoms with Gasteiger partial charge in [-0.15, -0.1) is 0 Å². The predicted octanol–water partition coefficient (Wildman–Crippen LogP) is 3.09. The highest BCUT2D eigenvalue weighted by atomic mass is 19.4. The van der Waals surface area contributed by atoms with Gasteiger partial charge in [-0.25, -0.2) is 0 Å². The zero-order valence-corrected chi connectivity index (χ0v) is 8.55. The summed E-state index contributed by atoms with van der Waals surface area (Å²) in [6.07, 6.45) is -2.16. The van der Waals surface area contributed by atoms with Crippen LogP contribution in [-0.4, -0.2) is 12.8 Å². The summed E-state index contributed by atoms with van der Waals surface area (Å²) in [4.78, 5) is 0. The van der Waals surface area contributed by atoms with Crippen molar-refractivity contribution in [2.45, 2.75) is 24.9 Å². The Labute approximate surface area is 91.2 Å². The maximum absolute atomic E-state index is 12.0. The number of alkyl halides is 3. The van der Waals surface area contributed by atoms with Crippen molar-refractivity contribution in [3.05, 3.63) is 23.8 Å². The quantitative estimate of drug-likeness (QED) is 0.811. The van der Waals surface area contributed by atoms with E-state index in [4.69, 9.17) is 5.73 Å². The molecule has 0 saturated heterocycles. The molecule has 1 aliphatic rings. The zero-order valence-electron chi connectivity index (χ0n) is 8.55. The minimum absolute atomic E-state index is 0.127. The normalized spacial score (nSPS) is 16.2. The molecule has 0 heterocycles. The van der Waals surface area contributed by atoms with Gasteiger partial charge in [0.05, 0.1) is 5.69 Å². The van der Waals surface area contributed by atoms with Gasteiger partial charge in [-0.2, -0.15) is 13.2 Å². The molecular formula is C11H12F3NO. The molecule has 16 heavy (non-hydrogen) atoms. The topological polar surface area (TPSA) is 35.2 Å².